The third-order valence-corrected chi connectivity index (χ3v) is 5.36. The van der Waals surface area contributed by atoms with Crippen molar-refractivity contribution in [2.24, 2.45) is 0 Å². The molecule has 28 heavy (non-hydrogen) atoms. The molecule has 152 valence electrons. The maximum Gasteiger partial charge on any atom is 0.338 e. The molecule has 1 N–H and O–H groups in total. The first-order chi connectivity index (χ1) is 13.3. The van der Waals surface area contributed by atoms with E-state index >= 15 is 0 Å². The predicted molar refractivity (Wildman–Crippen MR) is 104 cm³/mol. The van der Waals surface area contributed by atoms with Crippen LogP contribution in [-0.2, 0) is 14.8 Å². The summed E-state index contributed by atoms with van der Waals surface area (Å²) >= 11 is 6.09. The van der Waals surface area contributed by atoms with E-state index < -0.39 is 16.0 Å². The van der Waals surface area contributed by atoms with Gasteiger partial charge < -0.3 is 18.9 Å². The van der Waals surface area contributed by atoms with E-state index in [0.29, 0.717) is 5.75 Å². The number of hydrogen-bond donors (Lipinski definition) is 1. The molecule has 0 amide bonds. The van der Waals surface area contributed by atoms with E-state index in [1.54, 1.807) is 6.92 Å². The number of sulfonamides is 1. The molecule has 0 atom stereocenters. The molecule has 0 fully saturated rings. The monoisotopic (exact) mass is 429 g/mol. The molecule has 0 bridgehead atoms. The lowest BCUT2D eigenvalue weighted by atomic mass is 10.2. The average Bonchev–Trinajstić information content (AvgIpc) is 2.67. The van der Waals surface area contributed by atoms with Gasteiger partial charge in [-0.2, -0.15) is 0 Å². The summed E-state index contributed by atoms with van der Waals surface area (Å²) in [6.07, 6.45) is 0. The number of ether oxygens (including phenoxy) is 4. The standard InChI is InChI=1S/C18H20ClNO7S/c1-5-27-18(21)11-6-7-14(24-2)17(8-11)28(22,23)20-13-9-12(19)15(25-3)10-16(13)26-4/h6-10,20H,5H2,1-4H3. The smallest absolute Gasteiger partial charge is 0.338 e. The molecule has 0 heterocycles. The Labute approximate surface area is 168 Å². The van der Waals surface area contributed by atoms with Gasteiger partial charge in [-0.25, -0.2) is 13.2 Å². The van der Waals surface area contributed by atoms with Gasteiger partial charge in [0.15, 0.2) is 0 Å². The highest BCUT2D eigenvalue weighted by Crippen LogP contribution is 2.37. The van der Waals surface area contributed by atoms with Gasteiger partial charge in [-0.1, -0.05) is 11.6 Å². The largest absolute Gasteiger partial charge is 0.495 e. The van der Waals surface area contributed by atoms with E-state index in [9.17, 15) is 13.2 Å². The van der Waals surface area contributed by atoms with Crippen LogP contribution in [-0.4, -0.2) is 42.3 Å². The van der Waals surface area contributed by atoms with E-state index in [2.05, 4.69) is 4.72 Å². The molecule has 0 unspecified atom stereocenters. The minimum Gasteiger partial charge on any atom is -0.495 e. The fourth-order valence-corrected chi connectivity index (χ4v) is 3.87. The van der Waals surface area contributed by atoms with E-state index in [1.165, 1.54) is 51.7 Å². The van der Waals surface area contributed by atoms with Gasteiger partial charge in [-0.15, -0.1) is 0 Å². The highest BCUT2D eigenvalue weighted by molar-refractivity contribution is 7.92. The number of methoxy groups -OCH3 is 3. The number of anilines is 1. The van der Waals surface area contributed by atoms with Gasteiger partial charge in [-0.05, 0) is 31.2 Å². The quantitative estimate of drug-likeness (QED) is 0.642. The molecule has 2 aromatic carbocycles. The van der Waals surface area contributed by atoms with Crippen LogP contribution in [0, 0.1) is 0 Å². The molecular formula is C18H20ClNO7S. The zero-order valence-electron chi connectivity index (χ0n) is 15.7. The third-order valence-electron chi connectivity index (χ3n) is 3.68. The van der Waals surface area contributed by atoms with Crippen molar-refractivity contribution in [1.82, 2.24) is 0 Å². The fraction of sp³-hybridized carbons (Fsp3) is 0.278. The Hall–Kier alpha value is -2.65. The molecule has 0 aliphatic heterocycles. The van der Waals surface area contributed by atoms with Crippen molar-refractivity contribution in [1.29, 1.82) is 0 Å². The Morgan fingerprint density at radius 3 is 2.21 bits per heavy atom. The third kappa shape index (κ3) is 4.60. The summed E-state index contributed by atoms with van der Waals surface area (Å²) in [6.45, 7) is 1.81. The van der Waals surface area contributed by atoms with Gasteiger partial charge in [0.1, 0.15) is 22.1 Å². The molecule has 10 heteroatoms. The Bertz CT molecular complexity index is 976. The molecule has 0 aliphatic rings. The highest BCUT2D eigenvalue weighted by atomic mass is 35.5. The highest BCUT2D eigenvalue weighted by Gasteiger charge is 2.24. The van der Waals surface area contributed by atoms with Crippen LogP contribution < -0.4 is 18.9 Å². The molecule has 0 aromatic heterocycles. The van der Waals surface area contributed by atoms with Gasteiger partial charge in [0, 0.05) is 6.07 Å². The normalized spacial score (nSPS) is 10.9. The average molecular weight is 430 g/mol. The van der Waals surface area contributed by atoms with Gasteiger partial charge >= 0.3 is 5.97 Å². The van der Waals surface area contributed by atoms with E-state index in [4.69, 9.17) is 30.5 Å². The lowest BCUT2D eigenvalue weighted by Crippen LogP contribution is -2.16. The van der Waals surface area contributed by atoms with Crippen molar-refractivity contribution in [3.05, 3.63) is 40.9 Å². The molecule has 0 saturated heterocycles. The first-order valence-corrected chi connectivity index (χ1v) is 9.93. The van der Waals surface area contributed by atoms with E-state index in [0.717, 1.165) is 0 Å². The van der Waals surface area contributed by atoms with Crippen molar-refractivity contribution in [2.75, 3.05) is 32.7 Å². The van der Waals surface area contributed by atoms with Crippen LogP contribution in [0.5, 0.6) is 17.2 Å². The Morgan fingerprint density at radius 1 is 1.00 bits per heavy atom. The topological polar surface area (TPSA) is 100 Å². The number of hydrogen-bond acceptors (Lipinski definition) is 7. The minimum atomic E-state index is -4.16. The summed E-state index contributed by atoms with van der Waals surface area (Å²) in [4.78, 5) is 11.7. The first kappa shape index (κ1) is 21.6. The van der Waals surface area contributed by atoms with Crippen LogP contribution in [0.15, 0.2) is 35.2 Å². The van der Waals surface area contributed by atoms with Crippen LogP contribution in [0.4, 0.5) is 5.69 Å². The lowest BCUT2D eigenvalue weighted by molar-refractivity contribution is 0.0526. The maximum atomic E-state index is 13.0. The summed E-state index contributed by atoms with van der Waals surface area (Å²) in [5, 5.41) is 0.188. The Kier molecular flexibility index (Phi) is 6.98. The number of carbonyl (C=O) groups is 1. The number of nitrogens with one attached hydrogen (secondary N) is 1. The van der Waals surface area contributed by atoms with Crippen LogP contribution in [0.3, 0.4) is 0 Å². The van der Waals surface area contributed by atoms with Crippen molar-refractivity contribution in [3.63, 3.8) is 0 Å². The van der Waals surface area contributed by atoms with Gasteiger partial charge in [0.25, 0.3) is 10.0 Å². The maximum absolute atomic E-state index is 13.0. The van der Waals surface area contributed by atoms with Gasteiger partial charge in [0.05, 0.1) is 44.2 Å². The molecule has 2 aromatic rings. The van der Waals surface area contributed by atoms with Gasteiger partial charge in [-0.3, -0.25) is 4.72 Å². The second kappa shape index (κ2) is 9.03. The van der Waals surface area contributed by atoms with Crippen LogP contribution in [0.2, 0.25) is 5.02 Å². The van der Waals surface area contributed by atoms with Crippen LogP contribution in [0.1, 0.15) is 17.3 Å². The zero-order chi connectivity index (χ0) is 20.9. The second-order valence-electron chi connectivity index (χ2n) is 5.38. The molecule has 0 spiro atoms. The molecule has 2 rings (SSSR count). The minimum absolute atomic E-state index is 0.0547. The first-order valence-electron chi connectivity index (χ1n) is 8.06. The van der Waals surface area contributed by atoms with Crippen molar-refractivity contribution >= 4 is 33.3 Å². The molecule has 0 saturated carbocycles. The van der Waals surface area contributed by atoms with E-state index in [1.807, 2.05) is 0 Å². The Balaban J connectivity index is 2.51. The summed E-state index contributed by atoms with van der Waals surface area (Å²) in [5.41, 5.74) is 0.166. The van der Waals surface area contributed by atoms with Crippen molar-refractivity contribution in [3.8, 4) is 17.2 Å². The number of esters is 1. The van der Waals surface area contributed by atoms with Crippen LogP contribution >= 0.6 is 11.6 Å². The molecular weight excluding hydrogens is 410 g/mol. The SMILES string of the molecule is CCOC(=O)c1ccc(OC)c(S(=O)(=O)Nc2cc(Cl)c(OC)cc2OC)c1. The summed E-state index contributed by atoms with van der Waals surface area (Å²) in [5.74, 6) is -0.0699. The Morgan fingerprint density at radius 2 is 1.64 bits per heavy atom. The number of rotatable bonds is 8. The molecule has 8 nitrogen and oxygen atoms in total. The summed E-state index contributed by atoms with van der Waals surface area (Å²) < 4.78 is 48.7. The zero-order valence-corrected chi connectivity index (χ0v) is 17.3. The predicted octanol–water partition coefficient (Wildman–Crippen LogP) is 3.34. The second-order valence-corrected chi connectivity index (χ2v) is 7.44. The molecule has 0 radical (unpaired) electrons. The summed E-state index contributed by atoms with van der Waals surface area (Å²) in [7, 11) is -0.0313. The number of halogens is 1. The summed E-state index contributed by atoms with van der Waals surface area (Å²) in [6, 6.07) is 6.78. The van der Waals surface area contributed by atoms with Crippen LogP contribution in [0.25, 0.3) is 0 Å². The van der Waals surface area contributed by atoms with Crippen molar-refractivity contribution < 1.29 is 32.2 Å². The number of carbonyl (C=O) groups excluding carboxylic acids is 1. The fourth-order valence-electron chi connectivity index (χ4n) is 2.37. The number of benzene rings is 2. The molecule has 0 aliphatic carbocycles. The lowest BCUT2D eigenvalue weighted by Gasteiger charge is -2.16. The van der Waals surface area contributed by atoms with Gasteiger partial charge in [0.2, 0.25) is 0 Å². The van der Waals surface area contributed by atoms with Crippen molar-refractivity contribution in [2.45, 2.75) is 11.8 Å². The van der Waals surface area contributed by atoms with E-state index in [-0.39, 0.29) is 39.3 Å².